The second-order valence-corrected chi connectivity index (χ2v) is 14.5. The maximum Gasteiger partial charge on any atom is 0.136 e. The van der Waals surface area contributed by atoms with Crippen molar-refractivity contribution in [2.75, 3.05) is 0 Å². The van der Waals surface area contributed by atoms with E-state index in [1.807, 2.05) is 11.3 Å². The van der Waals surface area contributed by atoms with Crippen molar-refractivity contribution in [3.63, 3.8) is 0 Å². The number of fused-ring (bicyclic) bond motifs is 10. The Labute approximate surface area is 283 Å². The van der Waals surface area contributed by atoms with Crippen molar-refractivity contribution in [1.29, 1.82) is 0 Å². The minimum absolute atomic E-state index is 0.0776. The molecule has 0 fully saturated rings. The SMILES string of the molecule is c1ccc2c(c1)-c1cccc3c(C4=Nc5sc6ccccc6c5C(C5CCc6cc7ccccc7cc6-c6ccccc65)N4)ccc-2c13. The molecule has 0 saturated carbocycles. The van der Waals surface area contributed by atoms with E-state index in [-0.39, 0.29) is 12.0 Å². The Balaban J connectivity index is 1.11. The van der Waals surface area contributed by atoms with Crippen molar-refractivity contribution in [1.82, 2.24) is 5.32 Å². The van der Waals surface area contributed by atoms with E-state index in [1.165, 1.54) is 87.3 Å². The molecule has 2 atom stereocenters. The number of hydrogen-bond donors (Lipinski definition) is 1. The number of aryl methyl sites for hydroxylation is 1. The fourth-order valence-electron chi connectivity index (χ4n) is 8.87. The molecule has 0 bridgehead atoms. The van der Waals surface area contributed by atoms with E-state index in [4.69, 9.17) is 4.99 Å². The minimum Gasteiger partial charge on any atom is -0.362 e. The highest BCUT2D eigenvalue weighted by Gasteiger charge is 2.37. The van der Waals surface area contributed by atoms with E-state index in [1.54, 1.807) is 0 Å². The topological polar surface area (TPSA) is 24.4 Å². The standard InChI is InChI=1S/C45H30N2S/c1-2-11-27-25-39-28(24-26(27)10-1)20-21-36(31-14-5-6-15-32(31)39)43-42-38-16-7-8-19-40(38)48-45(42)47-44(46-43)37-23-22-35-30-13-4-3-12-29(30)33-17-9-18-34(37)41(33)35/h1-19,22-25,36,43H,20-21H2,(H,46,47). The average molecular weight is 631 g/mol. The van der Waals surface area contributed by atoms with E-state index in [9.17, 15) is 0 Å². The van der Waals surface area contributed by atoms with Crippen LogP contribution in [0.5, 0.6) is 0 Å². The second kappa shape index (κ2) is 10.00. The third-order valence-electron chi connectivity index (χ3n) is 11.0. The van der Waals surface area contributed by atoms with Gasteiger partial charge in [0.15, 0.2) is 0 Å². The Morgan fingerprint density at radius 2 is 1.23 bits per heavy atom. The zero-order valence-corrected chi connectivity index (χ0v) is 27.0. The number of aliphatic imine (C=N–C) groups is 1. The summed E-state index contributed by atoms with van der Waals surface area (Å²) in [4.78, 5) is 5.46. The molecule has 1 aromatic heterocycles. The van der Waals surface area contributed by atoms with Gasteiger partial charge >= 0.3 is 0 Å². The van der Waals surface area contributed by atoms with Gasteiger partial charge in [-0.2, -0.15) is 0 Å². The number of benzene rings is 7. The summed E-state index contributed by atoms with van der Waals surface area (Å²) in [5.74, 6) is 1.24. The highest BCUT2D eigenvalue weighted by Crippen LogP contribution is 2.53. The first kappa shape index (κ1) is 26.5. The highest BCUT2D eigenvalue weighted by molar-refractivity contribution is 7.22. The van der Waals surface area contributed by atoms with Gasteiger partial charge in [-0.05, 0) is 91.0 Å². The van der Waals surface area contributed by atoms with E-state index < -0.39 is 0 Å². The second-order valence-electron chi connectivity index (χ2n) is 13.4. The van der Waals surface area contributed by atoms with Crippen LogP contribution in [-0.2, 0) is 6.42 Å². The summed E-state index contributed by atoms with van der Waals surface area (Å²) in [5.41, 5.74) is 13.4. The zero-order valence-electron chi connectivity index (χ0n) is 26.2. The van der Waals surface area contributed by atoms with Crippen molar-refractivity contribution >= 4 is 53.8 Å². The number of nitrogens with zero attached hydrogens (tertiary/aromatic N) is 1. The van der Waals surface area contributed by atoms with Gasteiger partial charge in [0, 0.05) is 27.1 Å². The van der Waals surface area contributed by atoms with Crippen LogP contribution in [0.1, 0.15) is 40.6 Å². The molecule has 226 valence electrons. The maximum atomic E-state index is 5.46. The summed E-state index contributed by atoms with van der Waals surface area (Å²) in [6.07, 6.45) is 2.08. The third-order valence-corrected chi connectivity index (χ3v) is 12.1. The number of thiophene rings is 1. The molecule has 7 aromatic carbocycles. The molecule has 11 rings (SSSR count). The average Bonchev–Trinajstić information content (AvgIpc) is 3.63. The van der Waals surface area contributed by atoms with Crippen LogP contribution in [0.3, 0.4) is 0 Å². The smallest absolute Gasteiger partial charge is 0.136 e. The summed E-state index contributed by atoms with van der Waals surface area (Å²) in [6.45, 7) is 0. The zero-order chi connectivity index (χ0) is 31.3. The fourth-order valence-corrected chi connectivity index (χ4v) is 9.99. The lowest BCUT2D eigenvalue weighted by atomic mass is 9.81. The van der Waals surface area contributed by atoms with Gasteiger partial charge in [-0.25, -0.2) is 4.99 Å². The Bertz CT molecular complexity index is 2650. The normalized spacial score (nSPS) is 17.3. The van der Waals surface area contributed by atoms with E-state index >= 15 is 0 Å². The number of rotatable bonds is 2. The summed E-state index contributed by atoms with van der Waals surface area (Å²) < 4.78 is 1.30. The van der Waals surface area contributed by atoms with Crippen LogP contribution in [-0.4, -0.2) is 5.84 Å². The van der Waals surface area contributed by atoms with Crippen LogP contribution in [0.15, 0.2) is 145 Å². The van der Waals surface area contributed by atoms with Crippen LogP contribution < -0.4 is 5.32 Å². The lowest BCUT2D eigenvalue weighted by molar-refractivity contribution is 0.484. The number of amidine groups is 1. The van der Waals surface area contributed by atoms with E-state index in [0.717, 1.165) is 23.7 Å². The van der Waals surface area contributed by atoms with Crippen LogP contribution in [0.4, 0.5) is 5.00 Å². The van der Waals surface area contributed by atoms with Gasteiger partial charge in [0.2, 0.25) is 0 Å². The number of hydrogen-bond acceptors (Lipinski definition) is 3. The molecule has 2 heterocycles. The third kappa shape index (κ3) is 3.71. The molecule has 2 nitrogen and oxygen atoms in total. The molecule has 1 aliphatic heterocycles. The fraction of sp³-hybridized carbons (Fsp3) is 0.0889. The highest BCUT2D eigenvalue weighted by atomic mass is 32.1. The van der Waals surface area contributed by atoms with Gasteiger partial charge < -0.3 is 5.32 Å². The molecule has 0 amide bonds. The molecular formula is C45H30N2S. The van der Waals surface area contributed by atoms with Gasteiger partial charge in [-0.1, -0.05) is 127 Å². The molecule has 48 heavy (non-hydrogen) atoms. The Morgan fingerprint density at radius 3 is 2.10 bits per heavy atom. The molecule has 1 N–H and O–H groups in total. The number of nitrogens with one attached hydrogen (secondary N) is 1. The van der Waals surface area contributed by atoms with Crippen LogP contribution in [0.2, 0.25) is 0 Å². The maximum absolute atomic E-state index is 5.46. The van der Waals surface area contributed by atoms with E-state index in [2.05, 4.69) is 145 Å². The first-order chi connectivity index (χ1) is 23.8. The summed E-state index contributed by atoms with van der Waals surface area (Å²) in [6, 6.07) is 51.9. The van der Waals surface area contributed by atoms with Crippen molar-refractivity contribution in [3.05, 3.63) is 162 Å². The van der Waals surface area contributed by atoms with Gasteiger partial charge in [0.1, 0.15) is 10.8 Å². The van der Waals surface area contributed by atoms with Crippen LogP contribution >= 0.6 is 11.3 Å². The van der Waals surface area contributed by atoms with Crippen LogP contribution in [0.25, 0.3) is 65.0 Å². The molecule has 0 spiro atoms. The van der Waals surface area contributed by atoms with Crippen molar-refractivity contribution in [3.8, 4) is 33.4 Å². The van der Waals surface area contributed by atoms with E-state index in [0.29, 0.717) is 0 Å². The van der Waals surface area contributed by atoms with Gasteiger partial charge in [0.25, 0.3) is 0 Å². The molecule has 0 saturated heterocycles. The summed E-state index contributed by atoms with van der Waals surface area (Å²) in [5, 5.41) is 11.8. The Kier molecular flexibility index (Phi) is 5.53. The summed E-state index contributed by atoms with van der Waals surface area (Å²) >= 11 is 1.83. The largest absolute Gasteiger partial charge is 0.362 e. The first-order valence-corrected chi connectivity index (χ1v) is 17.8. The van der Waals surface area contributed by atoms with Crippen molar-refractivity contribution < 1.29 is 0 Å². The molecule has 2 unspecified atom stereocenters. The molecule has 3 aliphatic rings. The lowest BCUT2D eigenvalue weighted by Gasteiger charge is -2.33. The molecule has 0 radical (unpaired) electrons. The van der Waals surface area contributed by atoms with Gasteiger partial charge in [-0.3, -0.25) is 0 Å². The molecular weight excluding hydrogens is 601 g/mol. The first-order valence-electron chi connectivity index (χ1n) is 16.9. The minimum atomic E-state index is 0.0776. The van der Waals surface area contributed by atoms with Crippen molar-refractivity contribution in [2.45, 2.75) is 24.8 Å². The van der Waals surface area contributed by atoms with Crippen LogP contribution in [0, 0.1) is 0 Å². The molecule has 2 aliphatic carbocycles. The lowest BCUT2D eigenvalue weighted by Crippen LogP contribution is -2.35. The van der Waals surface area contributed by atoms with Gasteiger partial charge in [0.05, 0.1) is 6.04 Å². The summed E-state index contributed by atoms with van der Waals surface area (Å²) in [7, 11) is 0. The van der Waals surface area contributed by atoms with Gasteiger partial charge in [-0.15, -0.1) is 11.3 Å². The predicted octanol–water partition coefficient (Wildman–Crippen LogP) is 12.0. The molecule has 3 heteroatoms. The monoisotopic (exact) mass is 630 g/mol. The Hall–Kier alpha value is -5.51. The molecule has 8 aromatic rings. The predicted molar refractivity (Wildman–Crippen MR) is 203 cm³/mol. The Morgan fingerprint density at radius 1 is 0.562 bits per heavy atom. The quantitative estimate of drug-likeness (QED) is 0.202. The van der Waals surface area contributed by atoms with Crippen molar-refractivity contribution in [2.24, 2.45) is 4.99 Å².